The molecule has 15 heavy (non-hydrogen) atoms. The second-order valence-electron chi connectivity index (χ2n) is 3.04. The third kappa shape index (κ3) is 2.07. The van der Waals surface area contributed by atoms with Gasteiger partial charge in [-0.25, -0.2) is 5.01 Å². The molecule has 0 spiro atoms. The Bertz CT molecular complexity index is 441. The molecule has 0 saturated heterocycles. The number of ether oxygens (including phenoxy) is 1. The van der Waals surface area contributed by atoms with Gasteiger partial charge in [0, 0.05) is 24.9 Å². The lowest BCUT2D eigenvalue weighted by Gasteiger charge is -2.18. The van der Waals surface area contributed by atoms with E-state index in [0.717, 1.165) is 5.69 Å². The Morgan fingerprint density at radius 1 is 1.53 bits per heavy atom. The Balaban J connectivity index is 2.27. The summed E-state index contributed by atoms with van der Waals surface area (Å²) < 4.78 is 5.05. The van der Waals surface area contributed by atoms with E-state index in [1.807, 2.05) is 12.3 Å². The van der Waals surface area contributed by atoms with E-state index < -0.39 is 0 Å². The van der Waals surface area contributed by atoms with Crippen molar-refractivity contribution in [1.29, 1.82) is 0 Å². The molecule has 1 aromatic rings. The summed E-state index contributed by atoms with van der Waals surface area (Å²) in [6, 6.07) is 3.16. The van der Waals surface area contributed by atoms with Crippen LogP contribution in [0.5, 0.6) is 0 Å². The third-order valence-electron chi connectivity index (χ3n) is 2.03. The maximum Gasteiger partial charge on any atom is 0.248 e. The first kappa shape index (κ1) is 9.51. The monoisotopic (exact) mass is 205 g/mol. The molecule has 0 unspecified atom stereocenters. The van der Waals surface area contributed by atoms with Gasteiger partial charge in [0.15, 0.2) is 0 Å². The molecule has 0 saturated carbocycles. The quantitative estimate of drug-likeness (QED) is 0.745. The van der Waals surface area contributed by atoms with Crippen molar-refractivity contribution in [3.8, 4) is 0 Å². The Kier molecular flexibility index (Phi) is 2.53. The fraction of sp³-hybridized carbons (Fsp3) is 0.200. The summed E-state index contributed by atoms with van der Waals surface area (Å²) >= 11 is 0. The van der Waals surface area contributed by atoms with Crippen molar-refractivity contribution in [2.45, 2.75) is 6.42 Å². The van der Waals surface area contributed by atoms with Crippen LogP contribution in [0, 0.1) is 0 Å². The minimum Gasteiger partial charge on any atom is -0.483 e. The predicted octanol–water partition coefficient (Wildman–Crippen LogP) is 1.06. The van der Waals surface area contributed by atoms with Crippen molar-refractivity contribution in [2.24, 2.45) is 5.10 Å². The normalized spacial score (nSPS) is 15.0. The number of pyridine rings is 1. The summed E-state index contributed by atoms with van der Waals surface area (Å²) in [5.74, 6) is 0.642. The summed E-state index contributed by atoms with van der Waals surface area (Å²) in [6.45, 7) is 0. The second kappa shape index (κ2) is 4.00. The standard InChI is InChI=1S/C10H11N3O2/c1-15-10-3-2-6-13(12-10)8-4-5-9(14)11-7-8/h2,4-7H,3H2,1H3,(H,11,14). The van der Waals surface area contributed by atoms with Crippen LogP contribution in [0.1, 0.15) is 6.42 Å². The van der Waals surface area contributed by atoms with Gasteiger partial charge in [-0.05, 0) is 6.07 Å². The molecule has 0 aliphatic carbocycles. The van der Waals surface area contributed by atoms with Crippen LogP contribution in [-0.2, 0) is 4.74 Å². The molecule has 0 fully saturated rings. The van der Waals surface area contributed by atoms with Crippen molar-refractivity contribution in [3.05, 3.63) is 41.0 Å². The van der Waals surface area contributed by atoms with Gasteiger partial charge in [0.25, 0.3) is 0 Å². The Morgan fingerprint density at radius 3 is 3.07 bits per heavy atom. The van der Waals surface area contributed by atoms with Crippen LogP contribution < -0.4 is 10.6 Å². The predicted molar refractivity (Wildman–Crippen MR) is 57.7 cm³/mol. The number of anilines is 1. The summed E-state index contributed by atoms with van der Waals surface area (Å²) in [6.07, 6.45) is 6.07. The SMILES string of the molecule is COC1=NN(c2ccc(=O)[nH]c2)C=CC1. The molecule has 1 aromatic heterocycles. The fourth-order valence-electron chi connectivity index (χ4n) is 1.26. The second-order valence-corrected chi connectivity index (χ2v) is 3.04. The van der Waals surface area contributed by atoms with Gasteiger partial charge in [0.1, 0.15) is 0 Å². The van der Waals surface area contributed by atoms with Crippen molar-refractivity contribution < 1.29 is 4.74 Å². The first-order valence-electron chi connectivity index (χ1n) is 4.56. The molecular weight excluding hydrogens is 194 g/mol. The van der Waals surface area contributed by atoms with Gasteiger partial charge in [-0.15, -0.1) is 5.10 Å². The molecule has 0 amide bonds. The molecule has 0 radical (unpaired) electrons. The van der Waals surface area contributed by atoms with Crippen molar-refractivity contribution in [1.82, 2.24) is 4.98 Å². The van der Waals surface area contributed by atoms with E-state index in [0.29, 0.717) is 12.3 Å². The van der Waals surface area contributed by atoms with E-state index in [1.165, 1.54) is 6.07 Å². The third-order valence-corrected chi connectivity index (χ3v) is 2.03. The zero-order chi connectivity index (χ0) is 10.7. The zero-order valence-corrected chi connectivity index (χ0v) is 8.30. The van der Waals surface area contributed by atoms with E-state index in [-0.39, 0.29) is 5.56 Å². The molecule has 5 nitrogen and oxygen atoms in total. The lowest BCUT2D eigenvalue weighted by atomic mass is 10.3. The average molecular weight is 205 g/mol. The first-order chi connectivity index (χ1) is 7.29. The highest BCUT2D eigenvalue weighted by Gasteiger charge is 2.08. The number of hydrazone groups is 1. The van der Waals surface area contributed by atoms with Crippen molar-refractivity contribution >= 4 is 11.6 Å². The number of rotatable bonds is 1. The molecule has 1 aliphatic heterocycles. The minimum absolute atomic E-state index is 0.129. The molecule has 1 aliphatic rings. The molecule has 2 heterocycles. The van der Waals surface area contributed by atoms with Crippen molar-refractivity contribution in [3.63, 3.8) is 0 Å². The molecule has 0 aromatic carbocycles. The van der Waals surface area contributed by atoms with E-state index in [1.54, 1.807) is 24.4 Å². The van der Waals surface area contributed by atoms with Gasteiger partial charge in [-0.1, -0.05) is 6.08 Å². The van der Waals surface area contributed by atoms with Gasteiger partial charge >= 0.3 is 0 Å². The maximum atomic E-state index is 10.9. The van der Waals surface area contributed by atoms with E-state index in [4.69, 9.17) is 4.74 Å². The summed E-state index contributed by atoms with van der Waals surface area (Å²) in [7, 11) is 1.59. The summed E-state index contributed by atoms with van der Waals surface area (Å²) in [5, 5.41) is 5.87. The minimum atomic E-state index is -0.129. The number of aromatic nitrogens is 1. The van der Waals surface area contributed by atoms with Crippen LogP contribution >= 0.6 is 0 Å². The highest BCUT2D eigenvalue weighted by molar-refractivity contribution is 5.80. The molecule has 0 bridgehead atoms. The summed E-state index contributed by atoms with van der Waals surface area (Å²) in [5.41, 5.74) is 0.663. The van der Waals surface area contributed by atoms with E-state index in [2.05, 4.69) is 10.1 Å². The molecule has 78 valence electrons. The fourth-order valence-corrected chi connectivity index (χ4v) is 1.26. The number of methoxy groups -OCH3 is 1. The highest BCUT2D eigenvalue weighted by atomic mass is 16.5. The van der Waals surface area contributed by atoms with E-state index in [9.17, 15) is 4.79 Å². The number of nitrogens with one attached hydrogen (secondary N) is 1. The first-order valence-corrected chi connectivity index (χ1v) is 4.56. The van der Waals surface area contributed by atoms with Crippen LogP contribution in [0.15, 0.2) is 40.5 Å². The van der Waals surface area contributed by atoms with E-state index >= 15 is 0 Å². The van der Waals surface area contributed by atoms with Crippen LogP contribution in [0.2, 0.25) is 0 Å². The number of hydrogen-bond donors (Lipinski definition) is 1. The number of aromatic amines is 1. The topological polar surface area (TPSA) is 57.7 Å². The number of hydrogen-bond acceptors (Lipinski definition) is 4. The largest absolute Gasteiger partial charge is 0.483 e. The zero-order valence-electron chi connectivity index (χ0n) is 8.30. The van der Waals surface area contributed by atoms with Gasteiger partial charge < -0.3 is 9.72 Å². The lowest BCUT2D eigenvalue weighted by Crippen LogP contribution is -2.18. The van der Waals surface area contributed by atoms with Crippen molar-refractivity contribution in [2.75, 3.05) is 12.1 Å². The number of nitrogens with zero attached hydrogens (tertiary/aromatic N) is 2. The van der Waals surface area contributed by atoms with Gasteiger partial charge in [-0.2, -0.15) is 0 Å². The van der Waals surface area contributed by atoms with Crippen LogP contribution in [0.4, 0.5) is 5.69 Å². The van der Waals surface area contributed by atoms with Crippen LogP contribution in [0.25, 0.3) is 0 Å². The molecule has 0 atom stereocenters. The van der Waals surface area contributed by atoms with Gasteiger partial charge in [0.2, 0.25) is 11.5 Å². The van der Waals surface area contributed by atoms with Gasteiger partial charge in [0.05, 0.1) is 12.8 Å². The molecular formula is C10H11N3O2. The molecule has 1 N–H and O–H groups in total. The molecule has 2 rings (SSSR count). The smallest absolute Gasteiger partial charge is 0.248 e. The Hall–Kier alpha value is -2.04. The highest BCUT2D eigenvalue weighted by Crippen LogP contribution is 2.15. The summed E-state index contributed by atoms with van der Waals surface area (Å²) in [4.78, 5) is 13.5. The Labute approximate surface area is 86.7 Å². The van der Waals surface area contributed by atoms with Crippen LogP contribution in [-0.4, -0.2) is 18.0 Å². The lowest BCUT2D eigenvalue weighted by molar-refractivity contribution is 0.391. The number of H-pyrrole nitrogens is 1. The maximum absolute atomic E-state index is 10.9. The average Bonchev–Trinajstić information content (AvgIpc) is 2.30. The Morgan fingerprint density at radius 2 is 2.40 bits per heavy atom. The van der Waals surface area contributed by atoms with Gasteiger partial charge in [-0.3, -0.25) is 4.79 Å². The molecule has 5 heteroatoms. The van der Waals surface area contributed by atoms with Crippen LogP contribution in [0.3, 0.4) is 0 Å².